The summed E-state index contributed by atoms with van der Waals surface area (Å²) in [5.41, 5.74) is -3.55. The van der Waals surface area contributed by atoms with E-state index in [0.29, 0.717) is 6.92 Å². The molecule has 9 heteroatoms. The standard InChI is InChI=1S/C12H12F4N2O3/c1-6-4-3-5-7(13)8(6)17-10(21)18-11(2,9(19)20)12(14,15)16/h3-5H,1-2H3,(H,19,20)(H2,17,18,21). The Bertz CT molecular complexity index is 554. The number of hydrogen-bond acceptors (Lipinski definition) is 2. The highest BCUT2D eigenvalue weighted by Crippen LogP contribution is 2.30. The summed E-state index contributed by atoms with van der Waals surface area (Å²) >= 11 is 0. The normalized spacial score (nSPS) is 14.2. The summed E-state index contributed by atoms with van der Waals surface area (Å²) in [4.78, 5) is 22.3. The zero-order valence-electron chi connectivity index (χ0n) is 11.0. The van der Waals surface area contributed by atoms with Crippen molar-refractivity contribution in [3.05, 3.63) is 29.6 Å². The Hall–Kier alpha value is -2.32. The minimum atomic E-state index is -5.22. The Balaban J connectivity index is 2.98. The van der Waals surface area contributed by atoms with E-state index >= 15 is 0 Å². The van der Waals surface area contributed by atoms with Gasteiger partial charge in [-0.25, -0.2) is 14.0 Å². The lowest BCUT2D eigenvalue weighted by molar-refractivity contribution is -0.203. The molecule has 2 amide bonds. The second kappa shape index (κ2) is 5.58. The molecule has 1 aromatic rings. The quantitative estimate of drug-likeness (QED) is 0.751. The van der Waals surface area contributed by atoms with E-state index in [4.69, 9.17) is 5.11 Å². The summed E-state index contributed by atoms with van der Waals surface area (Å²) in [7, 11) is 0. The molecule has 1 unspecified atom stereocenters. The molecule has 0 saturated heterocycles. The van der Waals surface area contributed by atoms with Crippen molar-refractivity contribution in [2.75, 3.05) is 5.32 Å². The Morgan fingerprint density at radius 2 is 1.81 bits per heavy atom. The van der Waals surface area contributed by atoms with E-state index < -0.39 is 29.5 Å². The molecule has 1 aromatic carbocycles. The molecule has 0 aliphatic rings. The third-order valence-electron chi connectivity index (χ3n) is 2.82. The summed E-state index contributed by atoms with van der Waals surface area (Å²) in [6.45, 7) is 1.72. The lowest BCUT2D eigenvalue weighted by Gasteiger charge is -2.28. The smallest absolute Gasteiger partial charge is 0.422 e. The van der Waals surface area contributed by atoms with E-state index in [1.165, 1.54) is 24.4 Å². The van der Waals surface area contributed by atoms with Crippen LogP contribution in [0.4, 0.5) is 28.0 Å². The molecule has 0 saturated carbocycles. The highest BCUT2D eigenvalue weighted by molar-refractivity contribution is 5.94. The van der Waals surface area contributed by atoms with Crippen LogP contribution in [-0.4, -0.2) is 28.8 Å². The first-order valence-corrected chi connectivity index (χ1v) is 5.63. The summed E-state index contributed by atoms with van der Waals surface area (Å²) < 4.78 is 51.6. The molecule has 0 radical (unpaired) electrons. The van der Waals surface area contributed by atoms with Crippen LogP contribution in [0.2, 0.25) is 0 Å². The maximum absolute atomic E-state index is 13.5. The number of aliphatic carboxylic acids is 1. The molecule has 0 aliphatic carbocycles. The Labute approximate surface area is 117 Å². The molecule has 0 fully saturated rings. The third-order valence-corrected chi connectivity index (χ3v) is 2.82. The van der Waals surface area contributed by atoms with E-state index in [9.17, 15) is 27.2 Å². The SMILES string of the molecule is Cc1cccc(F)c1NC(=O)NC(C)(C(=O)O)C(F)(F)F. The number of alkyl halides is 3. The lowest BCUT2D eigenvalue weighted by atomic mass is 10.0. The van der Waals surface area contributed by atoms with Crippen molar-refractivity contribution in [1.29, 1.82) is 0 Å². The lowest BCUT2D eigenvalue weighted by Crippen LogP contribution is -2.62. The predicted octanol–water partition coefficient (Wildman–Crippen LogP) is 2.66. The maximum atomic E-state index is 13.5. The highest BCUT2D eigenvalue weighted by atomic mass is 19.4. The van der Waals surface area contributed by atoms with Gasteiger partial charge in [0, 0.05) is 0 Å². The van der Waals surface area contributed by atoms with Gasteiger partial charge in [-0.2, -0.15) is 13.2 Å². The van der Waals surface area contributed by atoms with Crippen molar-refractivity contribution < 1.29 is 32.3 Å². The Kier molecular flexibility index (Phi) is 4.45. The van der Waals surface area contributed by atoms with Gasteiger partial charge < -0.3 is 15.7 Å². The number of carbonyl (C=O) groups is 2. The van der Waals surface area contributed by atoms with Crippen LogP contribution in [0.15, 0.2) is 18.2 Å². The van der Waals surface area contributed by atoms with Crippen LogP contribution >= 0.6 is 0 Å². The summed E-state index contributed by atoms with van der Waals surface area (Å²) in [5, 5.41) is 11.8. The number of carboxylic acid groups (broad SMARTS) is 1. The van der Waals surface area contributed by atoms with Crippen LogP contribution in [0.5, 0.6) is 0 Å². The molecule has 1 rings (SSSR count). The monoisotopic (exact) mass is 308 g/mol. The molecule has 0 aliphatic heterocycles. The first kappa shape index (κ1) is 16.7. The van der Waals surface area contributed by atoms with Gasteiger partial charge >= 0.3 is 18.2 Å². The molecule has 0 spiro atoms. The molecular formula is C12H12F4N2O3. The van der Waals surface area contributed by atoms with Gasteiger partial charge in [0.25, 0.3) is 0 Å². The zero-order valence-corrected chi connectivity index (χ0v) is 11.0. The average molecular weight is 308 g/mol. The number of aryl methyl sites for hydroxylation is 1. The van der Waals surface area contributed by atoms with Crippen molar-refractivity contribution >= 4 is 17.7 Å². The number of carboxylic acids is 1. The minimum Gasteiger partial charge on any atom is -0.479 e. The van der Waals surface area contributed by atoms with Crippen LogP contribution in [0.25, 0.3) is 0 Å². The van der Waals surface area contributed by atoms with Crippen molar-refractivity contribution in [1.82, 2.24) is 5.32 Å². The number of carbonyl (C=O) groups excluding carboxylic acids is 1. The fourth-order valence-corrected chi connectivity index (χ4v) is 1.41. The van der Waals surface area contributed by atoms with Gasteiger partial charge in [-0.1, -0.05) is 12.1 Å². The first-order valence-electron chi connectivity index (χ1n) is 5.63. The number of urea groups is 1. The van der Waals surface area contributed by atoms with Gasteiger partial charge in [-0.3, -0.25) is 0 Å². The fraction of sp³-hybridized carbons (Fsp3) is 0.333. The Morgan fingerprint density at radius 3 is 2.24 bits per heavy atom. The molecule has 21 heavy (non-hydrogen) atoms. The number of amides is 2. The third kappa shape index (κ3) is 3.41. The second-order valence-corrected chi connectivity index (χ2v) is 4.44. The number of anilines is 1. The van der Waals surface area contributed by atoms with Crippen LogP contribution in [0, 0.1) is 12.7 Å². The molecule has 3 N–H and O–H groups in total. The van der Waals surface area contributed by atoms with Crippen molar-refractivity contribution in [3.63, 3.8) is 0 Å². The molecule has 1 atom stereocenters. The van der Waals surface area contributed by atoms with Gasteiger partial charge in [0.2, 0.25) is 5.54 Å². The van der Waals surface area contributed by atoms with Crippen LogP contribution in [0.1, 0.15) is 12.5 Å². The number of rotatable bonds is 3. The van der Waals surface area contributed by atoms with Gasteiger partial charge in [0.15, 0.2) is 0 Å². The topological polar surface area (TPSA) is 78.4 Å². The van der Waals surface area contributed by atoms with E-state index in [1.807, 2.05) is 5.32 Å². The fourth-order valence-electron chi connectivity index (χ4n) is 1.41. The van der Waals surface area contributed by atoms with Crippen molar-refractivity contribution in [2.24, 2.45) is 0 Å². The summed E-state index contributed by atoms with van der Waals surface area (Å²) in [5.74, 6) is -3.13. The highest BCUT2D eigenvalue weighted by Gasteiger charge is 2.58. The Morgan fingerprint density at radius 1 is 1.24 bits per heavy atom. The van der Waals surface area contributed by atoms with E-state index in [1.54, 1.807) is 0 Å². The number of para-hydroxylation sites is 1. The maximum Gasteiger partial charge on any atom is 0.422 e. The van der Waals surface area contributed by atoms with Gasteiger partial charge in [0.05, 0.1) is 5.69 Å². The summed E-state index contributed by atoms with van der Waals surface area (Å²) in [6, 6.07) is 2.30. The second-order valence-electron chi connectivity index (χ2n) is 4.44. The van der Waals surface area contributed by atoms with Gasteiger partial charge in [0.1, 0.15) is 5.82 Å². The minimum absolute atomic E-state index is 0.272. The van der Waals surface area contributed by atoms with Crippen LogP contribution in [-0.2, 0) is 4.79 Å². The molecule has 5 nitrogen and oxygen atoms in total. The largest absolute Gasteiger partial charge is 0.479 e. The number of halogens is 4. The van der Waals surface area contributed by atoms with Gasteiger partial charge in [-0.15, -0.1) is 0 Å². The van der Waals surface area contributed by atoms with E-state index in [-0.39, 0.29) is 11.3 Å². The predicted molar refractivity (Wildman–Crippen MR) is 65.4 cm³/mol. The van der Waals surface area contributed by atoms with Crippen molar-refractivity contribution in [2.45, 2.75) is 25.6 Å². The van der Waals surface area contributed by atoms with Crippen molar-refractivity contribution in [3.8, 4) is 0 Å². The van der Waals surface area contributed by atoms with E-state index in [0.717, 1.165) is 6.07 Å². The van der Waals surface area contributed by atoms with Crippen LogP contribution < -0.4 is 10.6 Å². The molecule has 116 valence electrons. The average Bonchev–Trinajstić information content (AvgIpc) is 2.32. The number of benzene rings is 1. The van der Waals surface area contributed by atoms with E-state index in [2.05, 4.69) is 0 Å². The molecular weight excluding hydrogens is 296 g/mol. The van der Waals surface area contributed by atoms with Crippen LogP contribution in [0.3, 0.4) is 0 Å². The van der Waals surface area contributed by atoms with Gasteiger partial charge in [-0.05, 0) is 25.5 Å². The summed E-state index contributed by atoms with van der Waals surface area (Å²) in [6.07, 6.45) is -5.22. The first-order chi connectivity index (χ1) is 9.49. The number of hydrogen-bond donors (Lipinski definition) is 3. The number of nitrogens with one attached hydrogen (secondary N) is 2. The molecule has 0 aromatic heterocycles. The molecule has 0 heterocycles. The zero-order chi connectivity index (χ0) is 16.4. The molecule has 0 bridgehead atoms.